The quantitative estimate of drug-likeness (QED) is 0.563. The van der Waals surface area contributed by atoms with Crippen molar-refractivity contribution in [1.82, 2.24) is 9.62 Å². The molecule has 8 heteroatoms. The maximum Gasteiger partial charge on any atom is 0.240 e. The molecule has 1 aromatic heterocycles. The van der Waals surface area contributed by atoms with E-state index in [1.165, 1.54) is 22.5 Å². The first-order valence-electron chi connectivity index (χ1n) is 10.7. The Kier molecular flexibility index (Phi) is 5.86. The number of sulfonamides is 1. The van der Waals surface area contributed by atoms with E-state index in [2.05, 4.69) is 26.7 Å². The number of rotatable bonds is 6. The minimum absolute atomic E-state index is 0.000657. The number of nitrogens with zero attached hydrogens (tertiary/aromatic N) is 2. The average molecular weight is 468 g/mol. The fourth-order valence-corrected chi connectivity index (χ4v) is 6.93. The summed E-state index contributed by atoms with van der Waals surface area (Å²) in [6.07, 6.45) is 1.57. The van der Waals surface area contributed by atoms with Crippen LogP contribution in [-0.4, -0.2) is 51.8 Å². The lowest BCUT2D eigenvalue weighted by molar-refractivity contribution is 0.112. The molecule has 2 atom stereocenters. The van der Waals surface area contributed by atoms with Crippen LogP contribution in [0.2, 0.25) is 0 Å². The Morgan fingerprint density at radius 1 is 0.906 bits per heavy atom. The molecule has 2 aromatic carbocycles. The summed E-state index contributed by atoms with van der Waals surface area (Å²) in [4.78, 5) is 16.8. The predicted octanol–water partition coefficient (Wildman–Crippen LogP) is 3.33. The molecule has 5 rings (SSSR count). The third-order valence-electron chi connectivity index (χ3n) is 6.30. The molecule has 0 radical (unpaired) electrons. The number of nitrogens with one attached hydrogen (secondary N) is 1. The van der Waals surface area contributed by atoms with Crippen molar-refractivity contribution in [2.75, 3.05) is 31.1 Å². The summed E-state index contributed by atoms with van der Waals surface area (Å²) in [5, 5.41) is 1.11. The van der Waals surface area contributed by atoms with Crippen molar-refractivity contribution in [3.8, 4) is 0 Å². The zero-order valence-electron chi connectivity index (χ0n) is 17.6. The standard InChI is InChI=1S/C24H25N3O3S2/c28-17-19-10-11-23(31-19)26-12-14-27(15-13-26)24-21-9-5-4-6-18(21)16-22(24)25-32(29,30)20-7-2-1-3-8-20/h1-11,17,22,24-25H,12-16H2/t22-,24+/m1/s1. The van der Waals surface area contributed by atoms with Crippen molar-refractivity contribution in [1.29, 1.82) is 0 Å². The largest absolute Gasteiger partial charge is 0.361 e. The third-order valence-corrected chi connectivity index (χ3v) is 8.88. The van der Waals surface area contributed by atoms with Gasteiger partial charge in [0.25, 0.3) is 0 Å². The first-order valence-corrected chi connectivity index (χ1v) is 13.0. The monoisotopic (exact) mass is 467 g/mol. The molecule has 2 heterocycles. The second kappa shape index (κ2) is 8.78. The van der Waals surface area contributed by atoms with Gasteiger partial charge in [0.15, 0.2) is 6.29 Å². The number of thiophene rings is 1. The number of carbonyl (C=O) groups excluding carboxylic acids is 1. The lowest BCUT2D eigenvalue weighted by Crippen LogP contribution is -2.52. The molecule has 1 fully saturated rings. The predicted molar refractivity (Wildman–Crippen MR) is 127 cm³/mol. The normalized spacial score (nSPS) is 21.4. The van der Waals surface area contributed by atoms with E-state index in [1.807, 2.05) is 30.3 Å². The molecule has 1 aliphatic heterocycles. The first kappa shape index (κ1) is 21.3. The Balaban J connectivity index is 1.36. The third kappa shape index (κ3) is 4.11. The summed E-state index contributed by atoms with van der Waals surface area (Å²) >= 11 is 1.52. The molecule has 2 aliphatic rings. The van der Waals surface area contributed by atoms with Crippen LogP contribution in [0.5, 0.6) is 0 Å². The van der Waals surface area contributed by atoms with Gasteiger partial charge in [-0.3, -0.25) is 9.69 Å². The van der Waals surface area contributed by atoms with Crippen LogP contribution in [-0.2, 0) is 16.4 Å². The van der Waals surface area contributed by atoms with Gasteiger partial charge in [-0.2, -0.15) is 0 Å². The van der Waals surface area contributed by atoms with Gasteiger partial charge < -0.3 is 4.90 Å². The van der Waals surface area contributed by atoms with E-state index in [0.29, 0.717) is 11.3 Å². The van der Waals surface area contributed by atoms with Gasteiger partial charge in [-0.15, -0.1) is 11.3 Å². The zero-order valence-corrected chi connectivity index (χ0v) is 19.2. The number of fused-ring (bicyclic) bond motifs is 1. The fraction of sp³-hybridized carbons (Fsp3) is 0.292. The smallest absolute Gasteiger partial charge is 0.240 e. The van der Waals surface area contributed by atoms with E-state index < -0.39 is 10.0 Å². The van der Waals surface area contributed by atoms with Gasteiger partial charge >= 0.3 is 0 Å². The van der Waals surface area contributed by atoms with Crippen molar-refractivity contribution < 1.29 is 13.2 Å². The molecule has 1 saturated heterocycles. The van der Waals surface area contributed by atoms with Gasteiger partial charge in [0, 0.05) is 32.2 Å². The molecule has 0 amide bonds. The Labute approximate surface area is 192 Å². The first-order chi connectivity index (χ1) is 15.5. The molecule has 0 bridgehead atoms. The topological polar surface area (TPSA) is 69.7 Å². The Hall–Kier alpha value is -2.52. The van der Waals surface area contributed by atoms with Crippen molar-refractivity contribution in [3.05, 3.63) is 82.7 Å². The number of piperazine rings is 1. The van der Waals surface area contributed by atoms with Crippen molar-refractivity contribution in [2.24, 2.45) is 0 Å². The van der Waals surface area contributed by atoms with Crippen molar-refractivity contribution in [2.45, 2.75) is 23.4 Å². The molecule has 0 unspecified atom stereocenters. The Morgan fingerprint density at radius 3 is 2.34 bits per heavy atom. The maximum atomic E-state index is 13.1. The van der Waals surface area contributed by atoms with E-state index in [1.54, 1.807) is 24.3 Å². The summed E-state index contributed by atoms with van der Waals surface area (Å²) in [5.41, 5.74) is 2.41. The van der Waals surface area contributed by atoms with E-state index in [-0.39, 0.29) is 12.1 Å². The lowest BCUT2D eigenvalue weighted by Gasteiger charge is -2.40. The summed E-state index contributed by atoms with van der Waals surface area (Å²) in [6, 6.07) is 20.5. The lowest BCUT2D eigenvalue weighted by atomic mass is 10.0. The van der Waals surface area contributed by atoms with E-state index in [9.17, 15) is 13.2 Å². The molecule has 32 heavy (non-hydrogen) atoms. The molecule has 6 nitrogen and oxygen atoms in total. The maximum absolute atomic E-state index is 13.1. The highest BCUT2D eigenvalue weighted by Crippen LogP contribution is 2.38. The average Bonchev–Trinajstić information content (AvgIpc) is 3.44. The minimum atomic E-state index is -3.61. The minimum Gasteiger partial charge on any atom is -0.361 e. The van der Waals surface area contributed by atoms with E-state index in [4.69, 9.17) is 0 Å². The molecule has 3 aromatic rings. The zero-order chi connectivity index (χ0) is 22.1. The number of benzene rings is 2. The van der Waals surface area contributed by atoms with Gasteiger partial charge in [0.1, 0.15) is 0 Å². The second-order valence-corrected chi connectivity index (χ2v) is 11.0. The highest BCUT2D eigenvalue weighted by Gasteiger charge is 2.39. The fourth-order valence-electron chi connectivity index (χ4n) is 4.79. The van der Waals surface area contributed by atoms with Crippen LogP contribution >= 0.6 is 11.3 Å². The number of aldehydes is 1. The van der Waals surface area contributed by atoms with Crippen molar-refractivity contribution >= 4 is 32.6 Å². The molecule has 1 N–H and O–H groups in total. The van der Waals surface area contributed by atoms with Gasteiger partial charge in [-0.05, 0) is 41.8 Å². The van der Waals surface area contributed by atoms with Gasteiger partial charge in [0.2, 0.25) is 10.0 Å². The van der Waals surface area contributed by atoms with Crippen LogP contribution in [0, 0.1) is 0 Å². The number of carbonyl (C=O) groups is 1. The molecule has 0 spiro atoms. The van der Waals surface area contributed by atoms with E-state index >= 15 is 0 Å². The Bertz CT molecular complexity index is 1200. The van der Waals surface area contributed by atoms with Crippen LogP contribution in [0.1, 0.15) is 26.8 Å². The highest BCUT2D eigenvalue weighted by atomic mass is 32.2. The SMILES string of the molecule is O=Cc1ccc(N2CCN([C@H]3c4ccccc4C[C@H]3NS(=O)(=O)c3ccccc3)CC2)s1. The van der Waals surface area contributed by atoms with Crippen LogP contribution in [0.15, 0.2) is 71.6 Å². The molecular weight excluding hydrogens is 442 g/mol. The van der Waals surface area contributed by atoms with Crippen LogP contribution in [0.3, 0.4) is 0 Å². The number of anilines is 1. The molecule has 166 valence electrons. The van der Waals surface area contributed by atoms with Gasteiger partial charge in [-0.25, -0.2) is 13.1 Å². The molecule has 0 saturated carbocycles. The molecule has 1 aliphatic carbocycles. The summed E-state index contributed by atoms with van der Waals surface area (Å²) in [5.74, 6) is 0. The van der Waals surface area contributed by atoms with Crippen molar-refractivity contribution in [3.63, 3.8) is 0 Å². The van der Waals surface area contributed by atoms with Crippen LogP contribution in [0.25, 0.3) is 0 Å². The Morgan fingerprint density at radius 2 is 1.62 bits per heavy atom. The summed E-state index contributed by atoms with van der Waals surface area (Å²) < 4.78 is 29.1. The van der Waals surface area contributed by atoms with Crippen LogP contribution < -0.4 is 9.62 Å². The van der Waals surface area contributed by atoms with Crippen LogP contribution in [0.4, 0.5) is 5.00 Å². The number of hydrogen-bond acceptors (Lipinski definition) is 6. The van der Waals surface area contributed by atoms with Gasteiger partial charge in [0.05, 0.1) is 20.8 Å². The second-order valence-electron chi connectivity index (χ2n) is 8.21. The summed E-state index contributed by atoms with van der Waals surface area (Å²) in [6.45, 7) is 3.35. The van der Waals surface area contributed by atoms with E-state index in [0.717, 1.165) is 42.3 Å². The molecular formula is C24H25N3O3S2. The number of hydrogen-bond donors (Lipinski definition) is 1. The van der Waals surface area contributed by atoms with Gasteiger partial charge in [-0.1, -0.05) is 42.5 Å². The summed E-state index contributed by atoms with van der Waals surface area (Å²) in [7, 11) is -3.61. The highest BCUT2D eigenvalue weighted by molar-refractivity contribution is 7.89.